The van der Waals surface area contributed by atoms with E-state index in [9.17, 15) is 17.6 Å². The van der Waals surface area contributed by atoms with Crippen LogP contribution in [0.5, 0.6) is 0 Å². The number of carbonyl (C=O) groups excluding carboxylic acids is 1. The lowest BCUT2D eigenvalue weighted by Crippen LogP contribution is -2.38. The maximum atomic E-state index is 13.2. The molecule has 32 heavy (non-hydrogen) atoms. The van der Waals surface area contributed by atoms with Crippen LogP contribution < -0.4 is 4.72 Å². The minimum absolute atomic E-state index is 0.0261. The van der Waals surface area contributed by atoms with Crippen LogP contribution in [0.4, 0.5) is 10.1 Å². The second-order valence-electron chi connectivity index (χ2n) is 7.93. The second kappa shape index (κ2) is 8.70. The molecule has 2 aromatic carbocycles. The average molecular weight is 458 g/mol. The van der Waals surface area contributed by atoms with Crippen LogP contribution in [-0.2, 0) is 10.0 Å². The molecule has 0 spiro atoms. The van der Waals surface area contributed by atoms with Crippen molar-refractivity contribution in [3.05, 3.63) is 71.1 Å². The van der Waals surface area contributed by atoms with Gasteiger partial charge in [-0.25, -0.2) is 17.8 Å². The molecule has 4 rings (SSSR count). The van der Waals surface area contributed by atoms with Gasteiger partial charge in [0.15, 0.2) is 5.82 Å². The van der Waals surface area contributed by atoms with Gasteiger partial charge < -0.3 is 4.90 Å². The number of sulfonamides is 1. The van der Waals surface area contributed by atoms with Crippen molar-refractivity contribution in [2.24, 2.45) is 0 Å². The molecule has 1 fully saturated rings. The molecular formula is C22H24FN5O3S. The molecule has 0 radical (unpaired) electrons. The Morgan fingerprint density at radius 3 is 2.44 bits per heavy atom. The zero-order valence-corrected chi connectivity index (χ0v) is 18.6. The number of nitrogens with one attached hydrogen (secondary N) is 2. The van der Waals surface area contributed by atoms with Crippen LogP contribution >= 0.6 is 0 Å². The van der Waals surface area contributed by atoms with Gasteiger partial charge in [0.2, 0.25) is 0 Å². The van der Waals surface area contributed by atoms with E-state index in [0.29, 0.717) is 24.2 Å². The van der Waals surface area contributed by atoms with Crippen LogP contribution in [0.1, 0.15) is 46.3 Å². The highest BCUT2D eigenvalue weighted by atomic mass is 32.2. The number of piperidine rings is 1. The van der Waals surface area contributed by atoms with Gasteiger partial charge >= 0.3 is 0 Å². The molecule has 1 amide bonds. The summed E-state index contributed by atoms with van der Waals surface area (Å²) in [5, 5.41) is 7.08. The van der Waals surface area contributed by atoms with Gasteiger partial charge in [-0.15, -0.1) is 0 Å². The first-order valence-electron chi connectivity index (χ1n) is 10.3. The van der Waals surface area contributed by atoms with Crippen LogP contribution in [0, 0.1) is 19.7 Å². The quantitative estimate of drug-likeness (QED) is 0.611. The number of halogens is 1. The topological polar surface area (TPSA) is 108 Å². The fraction of sp³-hybridized carbons (Fsp3) is 0.318. The highest BCUT2D eigenvalue weighted by Crippen LogP contribution is 2.27. The number of carbonyl (C=O) groups is 1. The Morgan fingerprint density at radius 1 is 1.12 bits per heavy atom. The van der Waals surface area contributed by atoms with Crippen molar-refractivity contribution in [3.8, 4) is 0 Å². The number of amides is 1. The smallest absolute Gasteiger partial charge is 0.261 e. The lowest BCUT2D eigenvalue weighted by Gasteiger charge is -2.31. The molecule has 1 saturated heterocycles. The summed E-state index contributed by atoms with van der Waals surface area (Å²) in [6, 6.07) is 9.50. The first-order chi connectivity index (χ1) is 15.2. The Balaban J connectivity index is 1.49. The Labute approximate surface area is 185 Å². The molecule has 0 aliphatic carbocycles. The number of hydrogen-bond donors (Lipinski definition) is 2. The molecule has 2 heterocycles. The molecule has 2 N–H and O–H groups in total. The molecule has 3 aromatic rings. The summed E-state index contributed by atoms with van der Waals surface area (Å²) in [4.78, 5) is 19.3. The van der Waals surface area contributed by atoms with E-state index < -0.39 is 15.8 Å². The molecule has 1 aliphatic rings. The Bertz CT molecular complexity index is 1230. The first kappa shape index (κ1) is 21.9. The lowest BCUT2D eigenvalue weighted by atomic mass is 9.95. The standard InChI is InChI=1S/C22H24FN5O3S/c1-14-3-8-19(32(30,31)27-18-6-4-17(23)5-7-18)13-20(14)22(29)28-11-9-16(10-12-28)21-24-15(2)25-26-21/h3-8,13,16,27H,9-12H2,1-2H3,(H,24,25,26). The number of aromatic amines is 1. The average Bonchev–Trinajstić information content (AvgIpc) is 3.21. The molecule has 10 heteroatoms. The van der Waals surface area contributed by atoms with E-state index in [1.165, 1.54) is 36.4 Å². The van der Waals surface area contributed by atoms with E-state index in [4.69, 9.17) is 0 Å². The fourth-order valence-corrected chi connectivity index (χ4v) is 4.87. The van der Waals surface area contributed by atoms with Crippen LogP contribution in [0.3, 0.4) is 0 Å². The Hall–Kier alpha value is -3.27. The number of aryl methyl sites for hydroxylation is 2. The molecule has 1 aliphatic heterocycles. The van der Waals surface area contributed by atoms with Crippen molar-refractivity contribution >= 4 is 21.6 Å². The molecule has 168 valence electrons. The van der Waals surface area contributed by atoms with Crippen molar-refractivity contribution in [1.82, 2.24) is 20.1 Å². The normalized spacial score (nSPS) is 15.0. The predicted molar refractivity (Wildman–Crippen MR) is 117 cm³/mol. The van der Waals surface area contributed by atoms with Gasteiger partial charge in [0, 0.05) is 30.3 Å². The number of anilines is 1. The monoisotopic (exact) mass is 457 g/mol. The number of H-pyrrole nitrogens is 1. The molecular weight excluding hydrogens is 433 g/mol. The third-order valence-corrected chi connectivity index (χ3v) is 6.99. The second-order valence-corrected chi connectivity index (χ2v) is 9.62. The minimum atomic E-state index is -3.94. The number of nitrogens with zero attached hydrogens (tertiary/aromatic N) is 3. The van der Waals surface area contributed by atoms with E-state index >= 15 is 0 Å². The van der Waals surface area contributed by atoms with Crippen molar-refractivity contribution < 1.29 is 17.6 Å². The third-order valence-electron chi connectivity index (χ3n) is 5.61. The molecule has 1 aromatic heterocycles. The highest BCUT2D eigenvalue weighted by Gasteiger charge is 2.28. The van der Waals surface area contributed by atoms with Crippen LogP contribution in [-0.4, -0.2) is 47.5 Å². The van der Waals surface area contributed by atoms with Crippen LogP contribution in [0.25, 0.3) is 0 Å². The minimum Gasteiger partial charge on any atom is -0.339 e. The fourth-order valence-electron chi connectivity index (χ4n) is 3.78. The van der Waals surface area contributed by atoms with Gasteiger partial charge in [-0.1, -0.05) is 6.07 Å². The highest BCUT2D eigenvalue weighted by molar-refractivity contribution is 7.92. The maximum Gasteiger partial charge on any atom is 0.261 e. The van der Waals surface area contributed by atoms with E-state index in [1.807, 2.05) is 6.92 Å². The molecule has 0 saturated carbocycles. The van der Waals surface area contributed by atoms with Crippen molar-refractivity contribution in [2.75, 3.05) is 17.8 Å². The van der Waals surface area contributed by atoms with E-state index in [0.717, 1.165) is 24.5 Å². The first-order valence-corrected chi connectivity index (χ1v) is 11.8. The van der Waals surface area contributed by atoms with Crippen LogP contribution in [0.15, 0.2) is 47.4 Å². The van der Waals surface area contributed by atoms with Crippen molar-refractivity contribution in [3.63, 3.8) is 0 Å². The van der Waals surface area contributed by atoms with E-state index in [-0.39, 0.29) is 22.4 Å². The maximum absolute atomic E-state index is 13.2. The van der Waals surface area contributed by atoms with Gasteiger partial charge in [-0.05, 0) is 68.7 Å². The van der Waals surface area contributed by atoms with Gasteiger partial charge in [-0.2, -0.15) is 5.10 Å². The molecule has 0 unspecified atom stereocenters. The SMILES string of the molecule is Cc1nc(C2CCN(C(=O)c3cc(S(=O)(=O)Nc4ccc(F)cc4)ccc3C)CC2)n[nH]1. The van der Waals surface area contributed by atoms with Crippen molar-refractivity contribution in [1.29, 1.82) is 0 Å². The molecule has 0 atom stereocenters. The lowest BCUT2D eigenvalue weighted by molar-refractivity contribution is 0.0710. The summed E-state index contributed by atoms with van der Waals surface area (Å²) in [5.74, 6) is 1.06. The number of hydrogen-bond acceptors (Lipinski definition) is 5. The van der Waals surface area contributed by atoms with Gasteiger partial charge in [0.05, 0.1) is 4.90 Å². The van der Waals surface area contributed by atoms with E-state index in [1.54, 1.807) is 17.9 Å². The largest absolute Gasteiger partial charge is 0.339 e. The summed E-state index contributed by atoms with van der Waals surface area (Å²) in [5.41, 5.74) is 1.28. The third kappa shape index (κ3) is 4.64. The Morgan fingerprint density at radius 2 is 1.81 bits per heavy atom. The number of rotatable bonds is 5. The number of benzene rings is 2. The molecule has 8 nitrogen and oxygen atoms in total. The zero-order chi connectivity index (χ0) is 22.9. The summed E-state index contributed by atoms with van der Waals surface area (Å²) < 4.78 is 41.1. The summed E-state index contributed by atoms with van der Waals surface area (Å²) in [6.07, 6.45) is 1.48. The summed E-state index contributed by atoms with van der Waals surface area (Å²) in [6.45, 7) is 4.72. The number of likely N-dealkylation sites (tertiary alicyclic amines) is 1. The zero-order valence-electron chi connectivity index (χ0n) is 17.8. The summed E-state index contributed by atoms with van der Waals surface area (Å²) in [7, 11) is -3.94. The van der Waals surface area contributed by atoms with Gasteiger partial charge in [0.1, 0.15) is 11.6 Å². The van der Waals surface area contributed by atoms with Gasteiger partial charge in [-0.3, -0.25) is 14.6 Å². The molecule has 0 bridgehead atoms. The van der Waals surface area contributed by atoms with Crippen molar-refractivity contribution in [2.45, 2.75) is 37.5 Å². The van der Waals surface area contributed by atoms with Gasteiger partial charge in [0.25, 0.3) is 15.9 Å². The Kier molecular flexibility index (Phi) is 5.96. The number of aromatic nitrogens is 3. The summed E-state index contributed by atoms with van der Waals surface area (Å²) >= 11 is 0. The predicted octanol–water partition coefficient (Wildman–Crippen LogP) is 3.38. The van der Waals surface area contributed by atoms with Crippen LogP contribution in [0.2, 0.25) is 0 Å². The van der Waals surface area contributed by atoms with E-state index in [2.05, 4.69) is 19.9 Å².